The monoisotopic (exact) mass is 242 g/mol. The lowest BCUT2D eigenvalue weighted by Crippen LogP contribution is -2.17. The van der Waals surface area contributed by atoms with Gasteiger partial charge in [-0.3, -0.25) is 4.79 Å². The van der Waals surface area contributed by atoms with E-state index in [-0.39, 0.29) is 11.2 Å². The molecule has 1 heterocycles. The third-order valence-corrected chi connectivity index (χ3v) is 2.94. The minimum Gasteiger partial charge on any atom is -0.382 e. The van der Waals surface area contributed by atoms with E-state index in [0.717, 1.165) is 13.0 Å². The molecule has 0 saturated heterocycles. The van der Waals surface area contributed by atoms with Crippen molar-refractivity contribution in [1.82, 2.24) is 4.37 Å². The molecular weight excluding hydrogens is 224 g/mol. The first-order chi connectivity index (χ1) is 7.31. The fraction of sp³-hybridized carbons (Fsp3) is 0.600. The number of nitrogens with two attached hydrogens (primary N) is 2. The van der Waals surface area contributed by atoms with Gasteiger partial charge in [0.2, 0.25) is 0 Å². The van der Waals surface area contributed by atoms with E-state index in [9.17, 15) is 4.79 Å². The van der Waals surface area contributed by atoms with Gasteiger partial charge in [-0.2, -0.15) is 4.37 Å². The summed E-state index contributed by atoms with van der Waals surface area (Å²) in [6, 6.07) is 0. The van der Waals surface area contributed by atoms with Crippen LogP contribution in [0.3, 0.4) is 0 Å². The molecule has 1 aromatic heterocycles. The summed E-state index contributed by atoms with van der Waals surface area (Å²) in [6.07, 6.45) is 0.989. The van der Waals surface area contributed by atoms with Crippen molar-refractivity contribution < 1.29 is 4.79 Å². The normalized spacial score (nSPS) is 11.4. The lowest BCUT2D eigenvalue weighted by molar-refractivity contribution is 0.100. The van der Waals surface area contributed by atoms with Gasteiger partial charge in [-0.1, -0.05) is 20.8 Å². The summed E-state index contributed by atoms with van der Waals surface area (Å²) in [6.45, 7) is 7.24. The average molecular weight is 242 g/mol. The second kappa shape index (κ2) is 4.69. The highest BCUT2D eigenvalue weighted by Gasteiger charge is 2.17. The maximum Gasteiger partial charge on any atom is 0.255 e. The minimum atomic E-state index is -0.537. The molecule has 0 bridgehead atoms. The highest BCUT2D eigenvalue weighted by molar-refractivity contribution is 7.11. The molecule has 0 aliphatic heterocycles. The molecule has 0 aliphatic carbocycles. The average Bonchev–Trinajstić information content (AvgIpc) is 2.44. The molecule has 0 aliphatic rings. The van der Waals surface area contributed by atoms with Crippen molar-refractivity contribution in [2.75, 3.05) is 17.6 Å². The molecule has 1 rings (SSSR count). The number of carbonyl (C=O) groups excluding carboxylic acids is 1. The number of anilines is 2. The molecule has 6 heteroatoms. The number of carbonyl (C=O) groups is 1. The Hall–Kier alpha value is -1.30. The summed E-state index contributed by atoms with van der Waals surface area (Å²) in [7, 11) is 0. The SMILES string of the molecule is CC(C)(C)CCNc1snc(N)c1C(N)=O. The smallest absolute Gasteiger partial charge is 0.255 e. The van der Waals surface area contributed by atoms with E-state index in [4.69, 9.17) is 11.5 Å². The van der Waals surface area contributed by atoms with Gasteiger partial charge in [-0.05, 0) is 23.4 Å². The molecule has 5 N–H and O–H groups in total. The number of rotatable bonds is 4. The van der Waals surface area contributed by atoms with Crippen molar-refractivity contribution in [3.63, 3.8) is 0 Å². The third-order valence-electron chi connectivity index (χ3n) is 2.13. The van der Waals surface area contributed by atoms with Gasteiger partial charge in [0.05, 0.1) is 0 Å². The molecule has 0 saturated carbocycles. The topological polar surface area (TPSA) is 94.0 Å². The van der Waals surface area contributed by atoms with Crippen LogP contribution in [0.5, 0.6) is 0 Å². The van der Waals surface area contributed by atoms with E-state index in [0.29, 0.717) is 10.6 Å². The van der Waals surface area contributed by atoms with Crippen LogP contribution in [0.1, 0.15) is 37.6 Å². The molecule has 0 atom stereocenters. The van der Waals surface area contributed by atoms with Crippen molar-refractivity contribution in [3.05, 3.63) is 5.56 Å². The number of nitrogen functional groups attached to an aromatic ring is 1. The number of nitrogens with zero attached hydrogens (tertiary/aromatic N) is 1. The fourth-order valence-electron chi connectivity index (χ4n) is 1.21. The second-order valence-electron chi connectivity index (χ2n) is 4.87. The zero-order chi connectivity index (χ0) is 12.3. The summed E-state index contributed by atoms with van der Waals surface area (Å²) >= 11 is 1.17. The molecule has 0 radical (unpaired) electrons. The van der Waals surface area contributed by atoms with Gasteiger partial charge in [0.1, 0.15) is 10.6 Å². The maximum atomic E-state index is 11.1. The van der Waals surface area contributed by atoms with Crippen LogP contribution >= 0.6 is 11.5 Å². The fourth-order valence-corrected chi connectivity index (χ4v) is 1.96. The van der Waals surface area contributed by atoms with Gasteiger partial charge in [0, 0.05) is 6.54 Å². The second-order valence-corrected chi connectivity index (χ2v) is 5.65. The Morgan fingerprint density at radius 1 is 1.50 bits per heavy atom. The number of nitrogens with one attached hydrogen (secondary N) is 1. The first-order valence-electron chi connectivity index (χ1n) is 5.10. The van der Waals surface area contributed by atoms with E-state index >= 15 is 0 Å². The molecule has 0 fully saturated rings. The van der Waals surface area contributed by atoms with Crippen molar-refractivity contribution in [1.29, 1.82) is 0 Å². The summed E-state index contributed by atoms with van der Waals surface area (Å²) < 4.78 is 3.91. The van der Waals surface area contributed by atoms with Crippen LogP contribution in [-0.4, -0.2) is 16.8 Å². The summed E-state index contributed by atoms with van der Waals surface area (Å²) in [5, 5.41) is 3.81. The van der Waals surface area contributed by atoms with Crippen LogP contribution in [0.15, 0.2) is 0 Å². The Kier molecular flexibility index (Phi) is 3.74. The lowest BCUT2D eigenvalue weighted by atomic mass is 9.92. The quantitative estimate of drug-likeness (QED) is 0.748. The van der Waals surface area contributed by atoms with Crippen LogP contribution in [-0.2, 0) is 0 Å². The van der Waals surface area contributed by atoms with Gasteiger partial charge < -0.3 is 16.8 Å². The molecular formula is C10H18N4OS. The Morgan fingerprint density at radius 3 is 2.62 bits per heavy atom. The van der Waals surface area contributed by atoms with E-state index in [1.165, 1.54) is 11.5 Å². The van der Waals surface area contributed by atoms with Crippen molar-refractivity contribution in [2.45, 2.75) is 27.2 Å². The van der Waals surface area contributed by atoms with E-state index < -0.39 is 5.91 Å². The highest BCUT2D eigenvalue weighted by Crippen LogP contribution is 2.27. The maximum absolute atomic E-state index is 11.1. The predicted octanol–water partition coefficient (Wildman–Crippen LogP) is 1.67. The van der Waals surface area contributed by atoms with E-state index in [1.54, 1.807) is 0 Å². The van der Waals surface area contributed by atoms with Gasteiger partial charge in [-0.15, -0.1) is 0 Å². The van der Waals surface area contributed by atoms with Crippen molar-refractivity contribution in [2.24, 2.45) is 11.1 Å². The number of aromatic nitrogens is 1. The van der Waals surface area contributed by atoms with Crippen LogP contribution < -0.4 is 16.8 Å². The van der Waals surface area contributed by atoms with Crippen LogP contribution in [0, 0.1) is 5.41 Å². The van der Waals surface area contributed by atoms with Crippen molar-refractivity contribution >= 4 is 28.3 Å². The number of primary amides is 1. The molecule has 1 amide bonds. The number of amides is 1. The Morgan fingerprint density at radius 2 is 2.12 bits per heavy atom. The Bertz CT molecular complexity index is 381. The zero-order valence-electron chi connectivity index (χ0n) is 9.83. The number of hydrogen-bond donors (Lipinski definition) is 3. The lowest BCUT2D eigenvalue weighted by Gasteiger charge is -2.18. The largest absolute Gasteiger partial charge is 0.382 e. The van der Waals surface area contributed by atoms with Gasteiger partial charge in [0.25, 0.3) is 5.91 Å². The van der Waals surface area contributed by atoms with E-state index in [1.807, 2.05) is 0 Å². The van der Waals surface area contributed by atoms with Gasteiger partial charge in [-0.25, -0.2) is 0 Å². The summed E-state index contributed by atoms with van der Waals surface area (Å²) in [5.41, 5.74) is 11.3. The highest BCUT2D eigenvalue weighted by atomic mass is 32.1. The molecule has 16 heavy (non-hydrogen) atoms. The zero-order valence-corrected chi connectivity index (χ0v) is 10.6. The standard InChI is InChI=1S/C10H18N4OS/c1-10(2,3)4-5-13-9-6(8(12)15)7(11)14-16-9/h13H,4-5H2,1-3H3,(H2,11,14)(H2,12,15). The van der Waals surface area contributed by atoms with Gasteiger partial charge >= 0.3 is 0 Å². The Labute approximate surface area is 99.4 Å². The molecule has 0 spiro atoms. The summed E-state index contributed by atoms with van der Waals surface area (Å²) in [4.78, 5) is 11.1. The Balaban J connectivity index is 2.64. The van der Waals surface area contributed by atoms with Crippen LogP contribution in [0.25, 0.3) is 0 Å². The van der Waals surface area contributed by atoms with Crippen molar-refractivity contribution in [3.8, 4) is 0 Å². The van der Waals surface area contributed by atoms with E-state index in [2.05, 4.69) is 30.5 Å². The number of hydrogen-bond acceptors (Lipinski definition) is 5. The third kappa shape index (κ3) is 3.37. The van der Waals surface area contributed by atoms with Crippen LogP contribution in [0.2, 0.25) is 0 Å². The predicted molar refractivity (Wildman–Crippen MR) is 67.6 cm³/mol. The molecule has 0 unspecified atom stereocenters. The van der Waals surface area contributed by atoms with Crippen LogP contribution in [0.4, 0.5) is 10.8 Å². The first-order valence-corrected chi connectivity index (χ1v) is 5.87. The molecule has 5 nitrogen and oxygen atoms in total. The molecule has 90 valence electrons. The minimum absolute atomic E-state index is 0.204. The van der Waals surface area contributed by atoms with Gasteiger partial charge in [0.15, 0.2) is 5.82 Å². The summed E-state index contributed by atoms with van der Waals surface area (Å²) in [5.74, 6) is -0.333. The molecule has 1 aromatic rings. The molecule has 0 aromatic carbocycles. The first kappa shape index (κ1) is 12.8.